The molecule has 0 saturated carbocycles. The van der Waals surface area contributed by atoms with E-state index in [4.69, 9.17) is 23.2 Å². The lowest BCUT2D eigenvalue weighted by atomic mass is 10.1. The molecule has 1 aromatic heterocycles. The van der Waals surface area contributed by atoms with E-state index in [9.17, 15) is 0 Å². The quantitative estimate of drug-likeness (QED) is 0.552. The first-order chi connectivity index (χ1) is 11.7. The third kappa shape index (κ3) is 3.61. The predicted molar refractivity (Wildman–Crippen MR) is 102 cm³/mol. The molecule has 4 heteroatoms. The molecule has 3 rings (SSSR count). The van der Waals surface area contributed by atoms with Crippen molar-refractivity contribution in [2.24, 2.45) is 0 Å². The number of benzene rings is 2. The molecule has 0 N–H and O–H groups in total. The Balaban J connectivity index is 2.03. The van der Waals surface area contributed by atoms with Crippen LogP contribution < -0.4 is 4.90 Å². The Morgan fingerprint density at radius 3 is 2.17 bits per heavy atom. The van der Waals surface area contributed by atoms with Crippen molar-refractivity contribution in [1.82, 2.24) is 4.98 Å². The number of hydrogen-bond acceptors (Lipinski definition) is 2. The zero-order valence-corrected chi connectivity index (χ0v) is 14.5. The molecule has 0 fully saturated rings. The van der Waals surface area contributed by atoms with E-state index >= 15 is 0 Å². The standard InChI is InChI=1S/C20H16Cl2N2/c1-15(20-17(21)10-7-11-18(20)22)24(19-12-5-6-13-23-19)14-16-8-3-2-4-9-16/h2-13H,1,14H2. The van der Waals surface area contributed by atoms with Gasteiger partial charge in [0.15, 0.2) is 0 Å². The molecule has 24 heavy (non-hydrogen) atoms. The van der Waals surface area contributed by atoms with E-state index < -0.39 is 0 Å². The number of nitrogens with zero attached hydrogens (tertiary/aromatic N) is 2. The third-order valence-corrected chi connectivity index (χ3v) is 4.32. The van der Waals surface area contributed by atoms with Gasteiger partial charge in [0.05, 0.1) is 10.0 Å². The van der Waals surface area contributed by atoms with Crippen LogP contribution in [-0.4, -0.2) is 4.98 Å². The summed E-state index contributed by atoms with van der Waals surface area (Å²) in [6.45, 7) is 4.86. The highest BCUT2D eigenvalue weighted by Gasteiger charge is 2.18. The lowest BCUT2D eigenvalue weighted by molar-refractivity contribution is 0.956. The highest BCUT2D eigenvalue weighted by Crippen LogP contribution is 2.34. The van der Waals surface area contributed by atoms with Crippen molar-refractivity contribution in [1.29, 1.82) is 0 Å². The molecule has 0 atom stereocenters. The van der Waals surface area contributed by atoms with Gasteiger partial charge in [-0.3, -0.25) is 0 Å². The van der Waals surface area contributed by atoms with Crippen LogP contribution in [0.2, 0.25) is 10.0 Å². The van der Waals surface area contributed by atoms with Gasteiger partial charge in [0, 0.05) is 24.0 Å². The maximum Gasteiger partial charge on any atom is 0.133 e. The van der Waals surface area contributed by atoms with Gasteiger partial charge in [0.2, 0.25) is 0 Å². The molecule has 0 saturated heterocycles. The van der Waals surface area contributed by atoms with Gasteiger partial charge in [-0.05, 0) is 29.8 Å². The Bertz CT molecular complexity index is 813. The molecule has 0 aliphatic rings. The van der Waals surface area contributed by atoms with E-state index in [1.165, 1.54) is 0 Å². The SMILES string of the molecule is C=C(c1c(Cl)cccc1Cl)N(Cc1ccccc1)c1ccccn1. The Morgan fingerprint density at radius 2 is 1.54 bits per heavy atom. The molecule has 0 radical (unpaired) electrons. The molecule has 2 aromatic carbocycles. The van der Waals surface area contributed by atoms with Gasteiger partial charge < -0.3 is 4.90 Å². The summed E-state index contributed by atoms with van der Waals surface area (Å²) in [5.41, 5.74) is 2.59. The molecule has 0 spiro atoms. The van der Waals surface area contributed by atoms with Gasteiger partial charge in [-0.2, -0.15) is 0 Å². The maximum absolute atomic E-state index is 6.37. The van der Waals surface area contributed by atoms with Crippen molar-refractivity contribution in [3.05, 3.63) is 101 Å². The van der Waals surface area contributed by atoms with Gasteiger partial charge in [-0.25, -0.2) is 4.98 Å². The van der Waals surface area contributed by atoms with E-state index in [2.05, 4.69) is 23.7 Å². The molecule has 0 aliphatic heterocycles. The van der Waals surface area contributed by atoms with Crippen LogP contribution in [0.1, 0.15) is 11.1 Å². The number of aromatic nitrogens is 1. The molecule has 2 nitrogen and oxygen atoms in total. The van der Waals surface area contributed by atoms with Crippen LogP contribution in [0.5, 0.6) is 0 Å². The van der Waals surface area contributed by atoms with Crippen LogP contribution >= 0.6 is 23.2 Å². The van der Waals surface area contributed by atoms with Crippen LogP contribution in [-0.2, 0) is 6.54 Å². The van der Waals surface area contributed by atoms with E-state index in [1.807, 2.05) is 59.5 Å². The summed E-state index contributed by atoms with van der Waals surface area (Å²) in [5, 5.41) is 1.14. The monoisotopic (exact) mass is 354 g/mol. The lowest BCUT2D eigenvalue weighted by Gasteiger charge is -2.27. The maximum atomic E-state index is 6.37. The molecule has 120 valence electrons. The molecule has 0 amide bonds. The molecular formula is C20H16Cl2N2. The smallest absolute Gasteiger partial charge is 0.133 e. The average Bonchev–Trinajstić information content (AvgIpc) is 2.61. The third-order valence-electron chi connectivity index (χ3n) is 3.69. The first-order valence-electron chi connectivity index (χ1n) is 7.52. The van der Waals surface area contributed by atoms with E-state index in [0.717, 1.165) is 16.9 Å². The van der Waals surface area contributed by atoms with E-state index in [-0.39, 0.29) is 0 Å². The number of pyridine rings is 1. The van der Waals surface area contributed by atoms with Crippen molar-refractivity contribution in [2.75, 3.05) is 4.90 Å². The summed E-state index contributed by atoms with van der Waals surface area (Å²) in [6.07, 6.45) is 1.76. The minimum atomic E-state index is 0.571. The fraction of sp³-hybridized carbons (Fsp3) is 0.0500. The van der Waals surface area contributed by atoms with Gasteiger partial charge in [0.25, 0.3) is 0 Å². The zero-order chi connectivity index (χ0) is 16.9. The van der Waals surface area contributed by atoms with Crippen molar-refractivity contribution in [3.63, 3.8) is 0 Å². The number of rotatable bonds is 5. The van der Waals surface area contributed by atoms with Crippen LogP contribution in [0.25, 0.3) is 5.70 Å². The predicted octanol–water partition coefficient (Wildman–Crippen LogP) is 6.07. The largest absolute Gasteiger partial charge is 0.322 e. The summed E-state index contributed by atoms with van der Waals surface area (Å²) in [7, 11) is 0. The Morgan fingerprint density at radius 1 is 0.875 bits per heavy atom. The topological polar surface area (TPSA) is 16.1 Å². The van der Waals surface area contributed by atoms with E-state index in [0.29, 0.717) is 22.3 Å². The fourth-order valence-corrected chi connectivity index (χ4v) is 3.12. The summed E-state index contributed by atoms with van der Waals surface area (Å²) in [4.78, 5) is 6.48. The second kappa shape index (κ2) is 7.52. The number of halogens is 2. The van der Waals surface area contributed by atoms with Crippen molar-refractivity contribution >= 4 is 34.7 Å². The summed E-state index contributed by atoms with van der Waals surface area (Å²) in [5.74, 6) is 0.794. The van der Waals surface area contributed by atoms with Crippen LogP contribution in [0.4, 0.5) is 5.82 Å². The number of hydrogen-bond donors (Lipinski definition) is 0. The molecule has 3 aromatic rings. The molecule has 1 heterocycles. The second-order valence-corrected chi connectivity index (χ2v) is 6.12. The molecular weight excluding hydrogens is 339 g/mol. The minimum absolute atomic E-state index is 0.571. The first-order valence-corrected chi connectivity index (χ1v) is 8.28. The minimum Gasteiger partial charge on any atom is -0.322 e. The van der Waals surface area contributed by atoms with Gasteiger partial charge in [-0.1, -0.05) is 72.2 Å². The van der Waals surface area contributed by atoms with Gasteiger partial charge in [-0.15, -0.1) is 0 Å². The summed E-state index contributed by atoms with van der Waals surface area (Å²) in [6, 6.07) is 21.4. The highest BCUT2D eigenvalue weighted by atomic mass is 35.5. The Kier molecular flexibility index (Phi) is 5.19. The molecule has 0 bridgehead atoms. The first kappa shape index (κ1) is 16.6. The summed E-state index contributed by atoms with van der Waals surface area (Å²) < 4.78 is 0. The van der Waals surface area contributed by atoms with E-state index in [1.54, 1.807) is 6.20 Å². The Hall–Kier alpha value is -2.29. The zero-order valence-electron chi connectivity index (χ0n) is 13.0. The van der Waals surface area contributed by atoms with Crippen molar-refractivity contribution in [3.8, 4) is 0 Å². The Labute approximate surface area is 152 Å². The lowest BCUT2D eigenvalue weighted by Crippen LogP contribution is -2.21. The number of anilines is 1. The van der Waals surface area contributed by atoms with Crippen LogP contribution in [0, 0.1) is 0 Å². The summed E-state index contributed by atoms with van der Waals surface area (Å²) >= 11 is 12.7. The van der Waals surface area contributed by atoms with Gasteiger partial charge in [0.1, 0.15) is 5.82 Å². The van der Waals surface area contributed by atoms with Gasteiger partial charge >= 0.3 is 0 Å². The van der Waals surface area contributed by atoms with Crippen LogP contribution in [0.3, 0.4) is 0 Å². The highest BCUT2D eigenvalue weighted by molar-refractivity contribution is 6.37. The second-order valence-electron chi connectivity index (χ2n) is 5.30. The van der Waals surface area contributed by atoms with Crippen molar-refractivity contribution in [2.45, 2.75) is 6.54 Å². The molecule has 0 unspecified atom stereocenters. The fourth-order valence-electron chi connectivity index (χ4n) is 2.50. The normalized spacial score (nSPS) is 10.4. The molecule has 0 aliphatic carbocycles. The van der Waals surface area contributed by atoms with Crippen LogP contribution in [0.15, 0.2) is 79.5 Å². The average molecular weight is 355 g/mol. The van der Waals surface area contributed by atoms with Crippen molar-refractivity contribution < 1.29 is 0 Å².